The lowest BCUT2D eigenvalue weighted by Gasteiger charge is -2.21. The molecule has 1 atom stereocenters. The second-order valence-corrected chi connectivity index (χ2v) is 7.94. The Kier molecular flexibility index (Phi) is 5.68. The van der Waals surface area contributed by atoms with Crippen LogP contribution in [0.4, 0.5) is 22.2 Å². The highest BCUT2D eigenvalue weighted by atomic mass is 32.1. The van der Waals surface area contributed by atoms with Gasteiger partial charge in [0.25, 0.3) is 0 Å². The quantitative estimate of drug-likeness (QED) is 0.672. The zero-order valence-corrected chi connectivity index (χ0v) is 17.2. The van der Waals surface area contributed by atoms with E-state index in [1.165, 1.54) is 11.3 Å². The molecule has 1 aliphatic rings. The van der Waals surface area contributed by atoms with Gasteiger partial charge in [-0.1, -0.05) is 6.07 Å². The standard InChI is InChI=1S/C20H23N7OS/c1-26(2)15-8-11-27(12-15)18-5-3-4-16(22-18)24-20(28)25-17-13-29-19(23-17)14-6-9-21-10-7-14/h3-7,9-10,13,15H,8,11-12H2,1-2H3,(H2,22,24,25,28). The molecule has 0 spiro atoms. The topological polar surface area (TPSA) is 86.3 Å². The van der Waals surface area contributed by atoms with Crippen LogP contribution in [0.1, 0.15) is 6.42 Å². The zero-order valence-electron chi connectivity index (χ0n) is 16.4. The van der Waals surface area contributed by atoms with Crippen LogP contribution in [0.5, 0.6) is 0 Å². The molecule has 9 heteroatoms. The summed E-state index contributed by atoms with van der Waals surface area (Å²) in [6.07, 6.45) is 4.54. The molecule has 4 rings (SSSR count). The van der Waals surface area contributed by atoms with Crippen LogP contribution < -0.4 is 15.5 Å². The largest absolute Gasteiger partial charge is 0.355 e. The number of thiazole rings is 1. The molecule has 8 nitrogen and oxygen atoms in total. The summed E-state index contributed by atoms with van der Waals surface area (Å²) in [5, 5.41) is 8.20. The number of pyridine rings is 2. The van der Waals surface area contributed by atoms with Gasteiger partial charge < -0.3 is 9.80 Å². The first-order valence-electron chi connectivity index (χ1n) is 9.41. The number of amides is 2. The van der Waals surface area contributed by atoms with Gasteiger partial charge in [0.15, 0.2) is 0 Å². The number of hydrogen-bond acceptors (Lipinski definition) is 7. The minimum absolute atomic E-state index is 0.367. The van der Waals surface area contributed by atoms with Gasteiger partial charge in [-0.2, -0.15) is 0 Å². The van der Waals surface area contributed by atoms with Crippen molar-refractivity contribution >= 4 is 34.8 Å². The van der Waals surface area contributed by atoms with E-state index in [-0.39, 0.29) is 6.03 Å². The molecule has 0 aliphatic carbocycles. The van der Waals surface area contributed by atoms with Gasteiger partial charge in [0.2, 0.25) is 0 Å². The SMILES string of the molecule is CN(C)C1CCN(c2cccc(NC(=O)Nc3csc(-c4ccncc4)n3)n2)C1. The lowest BCUT2D eigenvalue weighted by Crippen LogP contribution is -2.31. The fourth-order valence-corrected chi connectivity index (χ4v) is 4.02. The monoisotopic (exact) mass is 409 g/mol. The van der Waals surface area contributed by atoms with Crippen LogP contribution in [0.25, 0.3) is 10.6 Å². The van der Waals surface area contributed by atoms with Gasteiger partial charge in [0.1, 0.15) is 22.5 Å². The highest BCUT2D eigenvalue weighted by molar-refractivity contribution is 7.13. The Labute approximate surface area is 173 Å². The maximum absolute atomic E-state index is 12.4. The van der Waals surface area contributed by atoms with Crippen LogP contribution in [0.15, 0.2) is 48.1 Å². The summed E-state index contributed by atoms with van der Waals surface area (Å²) in [5.74, 6) is 1.89. The fourth-order valence-electron chi connectivity index (χ4n) is 3.26. The Morgan fingerprint density at radius 2 is 1.93 bits per heavy atom. The molecule has 1 fully saturated rings. The van der Waals surface area contributed by atoms with Gasteiger partial charge in [-0.05, 0) is 44.8 Å². The van der Waals surface area contributed by atoms with Gasteiger partial charge in [0.05, 0.1) is 0 Å². The van der Waals surface area contributed by atoms with Crippen molar-refractivity contribution < 1.29 is 4.79 Å². The van der Waals surface area contributed by atoms with E-state index in [2.05, 4.69) is 49.5 Å². The van der Waals surface area contributed by atoms with E-state index in [1.807, 2.05) is 29.6 Å². The minimum atomic E-state index is -0.367. The zero-order chi connectivity index (χ0) is 20.2. The number of urea groups is 1. The van der Waals surface area contributed by atoms with E-state index in [9.17, 15) is 4.79 Å². The maximum atomic E-state index is 12.4. The molecular formula is C20H23N7OS. The predicted octanol–water partition coefficient (Wildman–Crippen LogP) is 3.38. The summed E-state index contributed by atoms with van der Waals surface area (Å²) >= 11 is 1.46. The second kappa shape index (κ2) is 8.54. The number of carbonyl (C=O) groups is 1. The molecule has 3 aromatic rings. The van der Waals surface area contributed by atoms with E-state index in [0.29, 0.717) is 17.7 Å². The van der Waals surface area contributed by atoms with Crippen molar-refractivity contribution in [3.05, 3.63) is 48.1 Å². The van der Waals surface area contributed by atoms with Gasteiger partial charge in [0, 0.05) is 42.5 Å². The molecule has 3 aromatic heterocycles. The molecule has 4 heterocycles. The van der Waals surface area contributed by atoms with E-state index in [4.69, 9.17) is 0 Å². The van der Waals surface area contributed by atoms with Crippen molar-refractivity contribution in [2.24, 2.45) is 0 Å². The summed E-state index contributed by atoms with van der Waals surface area (Å²) in [7, 11) is 4.20. The van der Waals surface area contributed by atoms with Gasteiger partial charge in [-0.15, -0.1) is 11.3 Å². The third-order valence-corrected chi connectivity index (χ3v) is 5.76. The van der Waals surface area contributed by atoms with Gasteiger partial charge >= 0.3 is 6.03 Å². The molecule has 0 saturated carbocycles. The molecule has 0 aromatic carbocycles. The molecule has 0 radical (unpaired) electrons. The Hall–Kier alpha value is -3.04. The Morgan fingerprint density at radius 1 is 1.14 bits per heavy atom. The third kappa shape index (κ3) is 4.69. The summed E-state index contributed by atoms with van der Waals surface area (Å²) < 4.78 is 0. The molecule has 2 amide bonds. The Morgan fingerprint density at radius 3 is 2.69 bits per heavy atom. The highest BCUT2D eigenvalue weighted by Crippen LogP contribution is 2.25. The maximum Gasteiger partial charge on any atom is 0.326 e. The van der Waals surface area contributed by atoms with Crippen LogP contribution in [0.2, 0.25) is 0 Å². The second-order valence-electron chi connectivity index (χ2n) is 7.09. The summed E-state index contributed by atoms with van der Waals surface area (Å²) in [5.41, 5.74) is 0.967. The first-order valence-corrected chi connectivity index (χ1v) is 10.3. The van der Waals surface area contributed by atoms with Gasteiger partial charge in [-0.3, -0.25) is 15.6 Å². The number of nitrogens with one attached hydrogen (secondary N) is 2. The van der Waals surface area contributed by atoms with E-state index in [0.717, 1.165) is 35.9 Å². The van der Waals surface area contributed by atoms with Crippen LogP contribution >= 0.6 is 11.3 Å². The van der Waals surface area contributed by atoms with Crippen molar-refractivity contribution in [1.82, 2.24) is 19.9 Å². The lowest BCUT2D eigenvalue weighted by atomic mass is 10.2. The molecule has 1 aliphatic heterocycles. The first-order chi connectivity index (χ1) is 14.1. The number of nitrogens with zero attached hydrogens (tertiary/aromatic N) is 5. The average Bonchev–Trinajstić information content (AvgIpc) is 3.39. The third-order valence-electron chi connectivity index (χ3n) is 4.87. The molecule has 1 unspecified atom stereocenters. The molecular weight excluding hydrogens is 386 g/mol. The minimum Gasteiger partial charge on any atom is -0.355 e. The number of carbonyl (C=O) groups excluding carboxylic acids is 1. The number of anilines is 3. The lowest BCUT2D eigenvalue weighted by molar-refractivity contribution is 0.262. The Bertz CT molecular complexity index is 976. The molecule has 2 N–H and O–H groups in total. The van der Waals surface area contributed by atoms with Gasteiger partial charge in [-0.25, -0.2) is 14.8 Å². The van der Waals surface area contributed by atoms with Crippen LogP contribution in [0.3, 0.4) is 0 Å². The van der Waals surface area contributed by atoms with Crippen LogP contribution in [0, 0.1) is 0 Å². The Balaban J connectivity index is 1.37. The summed E-state index contributed by atoms with van der Waals surface area (Å²) in [6.45, 7) is 1.90. The normalized spacial score (nSPS) is 16.2. The van der Waals surface area contributed by atoms with E-state index < -0.39 is 0 Å². The van der Waals surface area contributed by atoms with Crippen LogP contribution in [-0.2, 0) is 0 Å². The summed E-state index contributed by atoms with van der Waals surface area (Å²) in [6, 6.07) is 9.60. The highest BCUT2D eigenvalue weighted by Gasteiger charge is 2.25. The fraction of sp³-hybridized carbons (Fsp3) is 0.300. The number of likely N-dealkylation sites (N-methyl/N-ethyl adjacent to an activating group) is 1. The first kappa shape index (κ1) is 19.3. The van der Waals surface area contributed by atoms with Crippen molar-refractivity contribution in [2.45, 2.75) is 12.5 Å². The molecule has 29 heavy (non-hydrogen) atoms. The van der Waals surface area contributed by atoms with Crippen molar-refractivity contribution in [3.63, 3.8) is 0 Å². The molecule has 150 valence electrons. The number of hydrogen-bond donors (Lipinski definition) is 2. The molecule has 1 saturated heterocycles. The summed E-state index contributed by atoms with van der Waals surface area (Å²) in [4.78, 5) is 29.9. The number of aromatic nitrogens is 3. The van der Waals surface area contributed by atoms with Crippen molar-refractivity contribution in [1.29, 1.82) is 0 Å². The van der Waals surface area contributed by atoms with Crippen molar-refractivity contribution in [2.75, 3.05) is 42.7 Å². The van der Waals surface area contributed by atoms with Crippen LogP contribution in [-0.4, -0.2) is 59.1 Å². The van der Waals surface area contributed by atoms with E-state index in [1.54, 1.807) is 18.5 Å². The van der Waals surface area contributed by atoms with Crippen molar-refractivity contribution in [3.8, 4) is 10.6 Å². The smallest absolute Gasteiger partial charge is 0.326 e. The predicted molar refractivity (Wildman–Crippen MR) is 117 cm³/mol. The van der Waals surface area contributed by atoms with E-state index >= 15 is 0 Å². The molecule has 0 bridgehead atoms. The average molecular weight is 410 g/mol. The number of rotatable bonds is 5.